The van der Waals surface area contributed by atoms with Crippen molar-refractivity contribution >= 4 is 11.8 Å². The molecule has 0 radical (unpaired) electrons. The van der Waals surface area contributed by atoms with Crippen LogP contribution in [0.5, 0.6) is 0 Å². The number of hydrogen-bond acceptors (Lipinski definition) is 4. The zero-order valence-electron chi connectivity index (χ0n) is 8.87. The second-order valence-electron chi connectivity index (χ2n) is 3.35. The van der Waals surface area contributed by atoms with Gasteiger partial charge in [0, 0.05) is 13.0 Å². The van der Waals surface area contributed by atoms with Crippen molar-refractivity contribution in [1.29, 1.82) is 0 Å². The van der Waals surface area contributed by atoms with Gasteiger partial charge in [-0.15, -0.1) is 0 Å². The summed E-state index contributed by atoms with van der Waals surface area (Å²) in [6, 6.07) is -0.601. The second kappa shape index (κ2) is 8.19. The number of carbonyl (C=O) groups excluding carboxylic acids is 2. The number of carbonyl (C=O) groups is 2. The molecule has 1 atom stereocenters. The lowest BCUT2D eigenvalue weighted by Crippen LogP contribution is -2.44. The lowest BCUT2D eigenvalue weighted by atomic mass is 10.1. The van der Waals surface area contributed by atoms with Gasteiger partial charge in [-0.1, -0.05) is 0 Å². The molecular weight excluding hydrogens is 196 g/mol. The summed E-state index contributed by atoms with van der Waals surface area (Å²) in [6.45, 7) is 0.836. The van der Waals surface area contributed by atoms with Gasteiger partial charge < -0.3 is 22.5 Å². The van der Waals surface area contributed by atoms with Crippen LogP contribution in [0.4, 0.5) is 0 Å². The number of nitrogens with one attached hydrogen (secondary N) is 1. The highest BCUT2D eigenvalue weighted by molar-refractivity contribution is 5.86. The van der Waals surface area contributed by atoms with Crippen molar-refractivity contribution < 1.29 is 9.59 Å². The van der Waals surface area contributed by atoms with E-state index in [0.29, 0.717) is 13.0 Å². The maximum Gasteiger partial charge on any atom is 0.239 e. The van der Waals surface area contributed by atoms with Gasteiger partial charge in [0.25, 0.3) is 0 Å². The molecule has 0 aliphatic carbocycles. The summed E-state index contributed by atoms with van der Waals surface area (Å²) in [5.74, 6) is -0.758. The molecule has 0 aliphatic rings. The van der Waals surface area contributed by atoms with Gasteiger partial charge in [-0.2, -0.15) is 0 Å². The summed E-state index contributed by atoms with van der Waals surface area (Å²) >= 11 is 0. The Morgan fingerprint density at radius 3 is 2.27 bits per heavy atom. The van der Waals surface area contributed by atoms with E-state index in [1.807, 2.05) is 0 Å². The summed E-state index contributed by atoms with van der Waals surface area (Å²) in [6.07, 6.45) is 2.33. The zero-order valence-corrected chi connectivity index (χ0v) is 8.87. The molecular formula is C9H20N4O2. The van der Waals surface area contributed by atoms with Gasteiger partial charge in [0.05, 0.1) is 0 Å². The maximum absolute atomic E-state index is 11.2. The molecule has 0 spiro atoms. The number of unbranched alkanes of at least 4 members (excludes halogenated alkanes) is 1. The van der Waals surface area contributed by atoms with E-state index in [1.165, 1.54) is 0 Å². The Bertz CT molecular complexity index is 208. The van der Waals surface area contributed by atoms with E-state index in [1.54, 1.807) is 0 Å². The van der Waals surface area contributed by atoms with Crippen LogP contribution in [-0.4, -0.2) is 30.9 Å². The van der Waals surface area contributed by atoms with E-state index in [2.05, 4.69) is 5.32 Å². The number of nitrogens with two attached hydrogens (primary N) is 3. The van der Waals surface area contributed by atoms with Crippen LogP contribution < -0.4 is 22.5 Å². The molecule has 0 saturated carbocycles. The molecule has 0 aromatic heterocycles. The fourth-order valence-corrected chi connectivity index (χ4v) is 1.18. The molecule has 6 nitrogen and oxygen atoms in total. The van der Waals surface area contributed by atoms with Crippen LogP contribution >= 0.6 is 0 Å². The van der Waals surface area contributed by atoms with Gasteiger partial charge in [0.15, 0.2) is 0 Å². The first-order valence-electron chi connectivity index (χ1n) is 5.10. The van der Waals surface area contributed by atoms with E-state index >= 15 is 0 Å². The first kappa shape index (κ1) is 13.9. The first-order chi connectivity index (χ1) is 7.11. The fourth-order valence-electron chi connectivity index (χ4n) is 1.18. The molecule has 0 bridgehead atoms. The topological polar surface area (TPSA) is 124 Å². The van der Waals surface area contributed by atoms with Gasteiger partial charge in [-0.25, -0.2) is 0 Å². The van der Waals surface area contributed by atoms with E-state index in [4.69, 9.17) is 17.2 Å². The van der Waals surface area contributed by atoms with Crippen LogP contribution in [0.25, 0.3) is 0 Å². The molecule has 0 saturated heterocycles. The molecule has 88 valence electrons. The molecule has 6 heteroatoms. The molecule has 7 N–H and O–H groups in total. The SMILES string of the molecule is NCCCC[C@H](NC(=O)CCN)C(N)=O. The van der Waals surface area contributed by atoms with Gasteiger partial charge in [0.1, 0.15) is 6.04 Å². The number of amides is 2. The summed E-state index contributed by atoms with van der Waals surface area (Å²) in [7, 11) is 0. The molecule has 2 amide bonds. The third-order valence-corrected chi connectivity index (χ3v) is 2.00. The average Bonchev–Trinajstić information content (AvgIpc) is 2.16. The zero-order chi connectivity index (χ0) is 11.7. The lowest BCUT2D eigenvalue weighted by Gasteiger charge is -2.14. The molecule has 0 aromatic carbocycles. The van der Waals surface area contributed by atoms with Crippen LogP contribution in [0.3, 0.4) is 0 Å². The Morgan fingerprint density at radius 1 is 1.13 bits per heavy atom. The lowest BCUT2D eigenvalue weighted by molar-refractivity contribution is -0.127. The monoisotopic (exact) mass is 216 g/mol. The summed E-state index contributed by atoms with van der Waals surface area (Å²) in [5.41, 5.74) is 15.7. The molecule has 0 unspecified atom stereocenters. The Balaban J connectivity index is 3.93. The molecule has 0 fully saturated rings. The number of primary amides is 1. The van der Waals surface area contributed by atoms with Crippen molar-refractivity contribution in [3.8, 4) is 0 Å². The Labute approximate surface area is 89.6 Å². The third-order valence-electron chi connectivity index (χ3n) is 2.00. The highest BCUT2D eigenvalue weighted by Crippen LogP contribution is 2.00. The minimum atomic E-state index is -0.601. The Kier molecular flexibility index (Phi) is 7.57. The summed E-state index contributed by atoms with van der Waals surface area (Å²) in [4.78, 5) is 22.1. The molecule has 0 aliphatic heterocycles. The maximum atomic E-state index is 11.2. The van der Waals surface area contributed by atoms with Crippen molar-refractivity contribution in [2.75, 3.05) is 13.1 Å². The number of hydrogen-bond donors (Lipinski definition) is 4. The minimum Gasteiger partial charge on any atom is -0.368 e. The van der Waals surface area contributed by atoms with E-state index < -0.39 is 11.9 Å². The summed E-state index contributed by atoms with van der Waals surface area (Å²) in [5, 5.41) is 2.54. The molecule has 0 aromatic rings. The van der Waals surface area contributed by atoms with Crippen LogP contribution in [0.2, 0.25) is 0 Å². The predicted molar refractivity (Wildman–Crippen MR) is 57.7 cm³/mol. The van der Waals surface area contributed by atoms with Crippen molar-refractivity contribution in [3.05, 3.63) is 0 Å². The van der Waals surface area contributed by atoms with E-state index in [9.17, 15) is 9.59 Å². The Morgan fingerprint density at radius 2 is 1.80 bits per heavy atom. The number of rotatable bonds is 8. The van der Waals surface area contributed by atoms with Crippen LogP contribution in [0.15, 0.2) is 0 Å². The second-order valence-corrected chi connectivity index (χ2v) is 3.35. The van der Waals surface area contributed by atoms with E-state index in [0.717, 1.165) is 12.8 Å². The van der Waals surface area contributed by atoms with Gasteiger partial charge in [-0.3, -0.25) is 9.59 Å². The normalized spacial score (nSPS) is 12.1. The largest absolute Gasteiger partial charge is 0.368 e. The van der Waals surface area contributed by atoms with Gasteiger partial charge >= 0.3 is 0 Å². The molecule has 0 heterocycles. The summed E-state index contributed by atoms with van der Waals surface area (Å²) < 4.78 is 0. The van der Waals surface area contributed by atoms with Crippen molar-refractivity contribution in [1.82, 2.24) is 5.32 Å². The van der Waals surface area contributed by atoms with Crippen LogP contribution in [0.1, 0.15) is 25.7 Å². The molecule has 15 heavy (non-hydrogen) atoms. The van der Waals surface area contributed by atoms with Crippen molar-refractivity contribution in [2.24, 2.45) is 17.2 Å². The van der Waals surface area contributed by atoms with Gasteiger partial charge in [0.2, 0.25) is 11.8 Å². The highest BCUT2D eigenvalue weighted by atomic mass is 16.2. The Hall–Kier alpha value is -1.14. The smallest absolute Gasteiger partial charge is 0.239 e. The van der Waals surface area contributed by atoms with E-state index in [-0.39, 0.29) is 18.9 Å². The predicted octanol–water partition coefficient (Wildman–Crippen LogP) is -1.57. The average molecular weight is 216 g/mol. The van der Waals surface area contributed by atoms with Crippen LogP contribution in [0, 0.1) is 0 Å². The third kappa shape index (κ3) is 6.87. The first-order valence-corrected chi connectivity index (χ1v) is 5.10. The fraction of sp³-hybridized carbons (Fsp3) is 0.778. The van der Waals surface area contributed by atoms with Crippen LogP contribution in [-0.2, 0) is 9.59 Å². The minimum absolute atomic E-state index is 0.209. The quantitative estimate of drug-likeness (QED) is 0.366. The van der Waals surface area contributed by atoms with Crippen molar-refractivity contribution in [2.45, 2.75) is 31.7 Å². The van der Waals surface area contributed by atoms with Gasteiger partial charge in [-0.05, 0) is 25.8 Å². The molecule has 0 rings (SSSR count). The van der Waals surface area contributed by atoms with Crippen molar-refractivity contribution in [3.63, 3.8) is 0 Å². The highest BCUT2D eigenvalue weighted by Gasteiger charge is 2.16. The standard InChI is InChI=1S/C9H20N4O2/c10-5-2-1-3-7(9(12)15)13-8(14)4-6-11/h7H,1-6,10-11H2,(H2,12,15)(H,13,14)/t7-/m0/s1.